The molecule has 0 radical (unpaired) electrons. The highest BCUT2D eigenvalue weighted by molar-refractivity contribution is 7.83. The molecule has 0 unspecified atom stereocenters. The summed E-state index contributed by atoms with van der Waals surface area (Å²) >= 11 is 4.91. The van der Waals surface area contributed by atoms with E-state index in [0.717, 1.165) is 17.5 Å². The monoisotopic (exact) mass is 230 g/mol. The molecule has 0 N–H and O–H groups in total. The first kappa shape index (κ1) is 9.54. The molecule has 0 fully saturated rings. The number of rotatable bonds is 1. The van der Waals surface area contributed by atoms with E-state index in [4.69, 9.17) is 0 Å². The minimum absolute atomic E-state index is 0.185. The van der Waals surface area contributed by atoms with E-state index in [-0.39, 0.29) is 4.21 Å². The van der Waals surface area contributed by atoms with Crippen molar-refractivity contribution in [3.05, 3.63) is 30.2 Å². The zero-order valence-corrected chi connectivity index (χ0v) is 8.45. The van der Waals surface area contributed by atoms with E-state index in [1.807, 2.05) is 0 Å². The van der Waals surface area contributed by atoms with Crippen molar-refractivity contribution in [3.8, 4) is 10.6 Å². The van der Waals surface area contributed by atoms with Gasteiger partial charge in [-0.2, -0.15) is 4.39 Å². The van der Waals surface area contributed by atoms with Crippen molar-refractivity contribution < 1.29 is 8.78 Å². The van der Waals surface area contributed by atoms with Gasteiger partial charge in [-0.05, 0) is 6.07 Å². The number of pyridine rings is 1. The zero-order valence-electron chi connectivity index (χ0n) is 6.74. The number of thiazole rings is 1. The molecule has 0 bridgehead atoms. The summed E-state index contributed by atoms with van der Waals surface area (Å²) < 4.78 is 25.8. The molecule has 0 aliphatic heterocycles. The molecule has 0 amide bonds. The van der Waals surface area contributed by atoms with Crippen LogP contribution in [0, 0.1) is 11.8 Å². The third-order valence-corrected chi connectivity index (χ3v) is 2.86. The Hall–Kier alpha value is -1.01. The van der Waals surface area contributed by atoms with E-state index in [0.29, 0.717) is 10.6 Å². The van der Waals surface area contributed by atoms with E-state index in [1.165, 1.54) is 12.3 Å². The smallest absolute Gasteiger partial charge is 0.237 e. The third-order valence-electron chi connectivity index (χ3n) is 1.52. The fourth-order valence-electron chi connectivity index (χ4n) is 0.946. The highest BCUT2D eigenvalue weighted by Crippen LogP contribution is 2.29. The Balaban J connectivity index is 2.49. The lowest BCUT2D eigenvalue weighted by Gasteiger charge is -1.93. The molecule has 2 rings (SSSR count). The predicted octanol–water partition coefficient (Wildman–Crippen LogP) is 2.77. The van der Waals surface area contributed by atoms with Crippen LogP contribution >= 0.6 is 24.0 Å². The number of nitrogens with zero attached hydrogens (tertiary/aromatic N) is 2. The van der Waals surface area contributed by atoms with Gasteiger partial charge in [0.2, 0.25) is 5.95 Å². The van der Waals surface area contributed by atoms with Gasteiger partial charge < -0.3 is 0 Å². The standard InChI is InChI=1S/C8H4F2N2S2/c9-5-1-4(2-11-3-5)7-12-6(10)8(13)14-7/h1-3,13H. The topological polar surface area (TPSA) is 25.8 Å². The lowest BCUT2D eigenvalue weighted by Crippen LogP contribution is -1.82. The van der Waals surface area contributed by atoms with E-state index in [1.54, 1.807) is 0 Å². The van der Waals surface area contributed by atoms with Crippen LogP contribution in [0.1, 0.15) is 0 Å². The van der Waals surface area contributed by atoms with Crippen LogP contribution in [0.2, 0.25) is 0 Å². The molecule has 6 heteroatoms. The lowest BCUT2D eigenvalue weighted by molar-refractivity contribution is 0.572. The van der Waals surface area contributed by atoms with Crippen LogP contribution < -0.4 is 0 Å². The summed E-state index contributed by atoms with van der Waals surface area (Å²) in [7, 11) is 0. The van der Waals surface area contributed by atoms with Crippen LogP contribution in [-0.4, -0.2) is 9.97 Å². The summed E-state index contributed by atoms with van der Waals surface area (Å²) in [5.74, 6) is -1.11. The van der Waals surface area contributed by atoms with Gasteiger partial charge in [-0.1, -0.05) is 0 Å². The van der Waals surface area contributed by atoms with Gasteiger partial charge in [-0.25, -0.2) is 9.37 Å². The summed E-state index contributed by atoms with van der Waals surface area (Å²) in [6.45, 7) is 0. The van der Waals surface area contributed by atoms with Gasteiger partial charge in [-0.15, -0.1) is 24.0 Å². The second-order valence-corrected chi connectivity index (χ2v) is 4.26. The Bertz CT molecular complexity index is 451. The average Bonchev–Trinajstić information content (AvgIpc) is 2.47. The second kappa shape index (κ2) is 3.62. The highest BCUT2D eigenvalue weighted by atomic mass is 32.2. The number of hydrogen-bond acceptors (Lipinski definition) is 4. The Morgan fingerprint density at radius 3 is 2.64 bits per heavy atom. The van der Waals surface area contributed by atoms with E-state index >= 15 is 0 Å². The molecule has 2 aromatic heterocycles. The Morgan fingerprint density at radius 1 is 1.29 bits per heavy atom. The summed E-state index contributed by atoms with van der Waals surface area (Å²) in [6, 6.07) is 1.25. The molecular weight excluding hydrogens is 226 g/mol. The summed E-state index contributed by atoms with van der Waals surface area (Å²) in [4.78, 5) is 7.23. The Kier molecular flexibility index (Phi) is 2.47. The lowest BCUT2D eigenvalue weighted by atomic mass is 10.3. The van der Waals surface area contributed by atoms with Crippen LogP contribution in [0.4, 0.5) is 8.78 Å². The maximum atomic E-state index is 12.8. The van der Waals surface area contributed by atoms with Crippen molar-refractivity contribution in [2.45, 2.75) is 4.21 Å². The molecule has 2 aromatic rings. The minimum atomic E-state index is -0.641. The molecule has 2 heterocycles. The van der Waals surface area contributed by atoms with Gasteiger partial charge in [-0.3, -0.25) is 4.98 Å². The number of thiol groups is 1. The summed E-state index contributed by atoms with van der Waals surface area (Å²) in [5, 5.41) is 0.375. The van der Waals surface area contributed by atoms with E-state index < -0.39 is 11.8 Å². The van der Waals surface area contributed by atoms with Crippen molar-refractivity contribution in [1.29, 1.82) is 0 Å². The maximum Gasteiger partial charge on any atom is 0.237 e. The number of aromatic nitrogens is 2. The largest absolute Gasteiger partial charge is 0.261 e. The van der Waals surface area contributed by atoms with Crippen molar-refractivity contribution in [2.75, 3.05) is 0 Å². The summed E-state index contributed by atoms with van der Waals surface area (Å²) in [5.41, 5.74) is 0.453. The molecule has 0 aliphatic carbocycles. The van der Waals surface area contributed by atoms with E-state index in [9.17, 15) is 8.78 Å². The van der Waals surface area contributed by atoms with Gasteiger partial charge in [0.25, 0.3) is 0 Å². The number of halogens is 2. The fourth-order valence-corrected chi connectivity index (χ4v) is 1.92. The molecule has 0 spiro atoms. The molecule has 2 nitrogen and oxygen atoms in total. The quantitative estimate of drug-likeness (QED) is 0.762. The minimum Gasteiger partial charge on any atom is -0.261 e. The first-order chi connectivity index (χ1) is 6.66. The molecule has 0 aliphatic rings. The van der Waals surface area contributed by atoms with Crippen molar-refractivity contribution in [2.24, 2.45) is 0 Å². The normalized spacial score (nSPS) is 10.5. The van der Waals surface area contributed by atoms with Gasteiger partial charge in [0.1, 0.15) is 15.0 Å². The molecule has 72 valence electrons. The highest BCUT2D eigenvalue weighted by Gasteiger charge is 2.09. The molecule has 14 heavy (non-hydrogen) atoms. The molecule has 0 saturated carbocycles. The Morgan fingerprint density at radius 2 is 2.07 bits per heavy atom. The first-order valence-corrected chi connectivity index (χ1v) is 4.89. The molecule has 0 saturated heterocycles. The van der Waals surface area contributed by atoms with Crippen molar-refractivity contribution >= 4 is 24.0 Å². The van der Waals surface area contributed by atoms with Crippen molar-refractivity contribution in [1.82, 2.24) is 9.97 Å². The van der Waals surface area contributed by atoms with Gasteiger partial charge in [0.15, 0.2) is 0 Å². The molecular formula is C8H4F2N2S2. The van der Waals surface area contributed by atoms with Crippen LogP contribution in [0.15, 0.2) is 22.7 Å². The average molecular weight is 230 g/mol. The van der Waals surface area contributed by atoms with Gasteiger partial charge >= 0.3 is 0 Å². The van der Waals surface area contributed by atoms with Gasteiger partial charge in [0, 0.05) is 11.8 Å². The zero-order chi connectivity index (χ0) is 10.1. The molecule has 0 aromatic carbocycles. The van der Waals surface area contributed by atoms with E-state index in [2.05, 4.69) is 22.6 Å². The predicted molar refractivity (Wildman–Crippen MR) is 52.5 cm³/mol. The second-order valence-electron chi connectivity index (χ2n) is 2.51. The third kappa shape index (κ3) is 1.76. The maximum absolute atomic E-state index is 12.8. The Labute approximate surface area is 88.1 Å². The molecule has 0 atom stereocenters. The van der Waals surface area contributed by atoms with Crippen molar-refractivity contribution in [3.63, 3.8) is 0 Å². The summed E-state index contributed by atoms with van der Waals surface area (Å²) in [6.07, 6.45) is 2.50. The van der Waals surface area contributed by atoms with Crippen LogP contribution in [0.5, 0.6) is 0 Å². The SMILES string of the molecule is Fc1cncc(-c2nc(F)c(S)s2)c1. The number of hydrogen-bond donors (Lipinski definition) is 1. The van der Waals surface area contributed by atoms with Gasteiger partial charge in [0.05, 0.1) is 6.20 Å². The van der Waals surface area contributed by atoms with Crippen LogP contribution in [-0.2, 0) is 0 Å². The van der Waals surface area contributed by atoms with Crippen LogP contribution in [0.3, 0.4) is 0 Å². The first-order valence-electron chi connectivity index (χ1n) is 3.63. The fraction of sp³-hybridized carbons (Fsp3) is 0. The van der Waals surface area contributed by atoms with Crippen LogP contribution in [0.25, 0.3) is 10.6 Å².